The van der Waals surface area contributed by atoms with E-state index in [0.29, 0.717) is 25.9 Å². The van der Waals surface area contributed by atoms with Crippen LogP contribution in [0, 0.1) is 5.82 Å². The number of anilines is 2. The Morgan fingerprint density at radius 1 is 1.26 bits per heavy atom. The number of benzene rings is 1. The third-order valence-electron chi connectivity index (χ3n) is 5.04. The average Bonchev–Trinajstić information content (AvgIpc) is 2.73. The Kier molecular flexibility index (Phi) is 6.60. The lowest BCUT2D eigenvalue weighted by Crippen LogP contribution is -2.42. The summed E-state index contributed by atoms with van der Waals surface area (Å²) >= 11 is 0. The van der Waals surface area contributed by atoms with E-state index in [1.165, 1.54) is 37.0 Å². The maximum absolute atomic E-state index is 14.1. The van der Waals surface area contributed by atoms with Crippen molar-refractivity contribution in [3.63, 3.8) is 0 Å². The average molecular weight is 453 g/mol. The van der Waals surface area contributed by atoms with Gasteiger partial charge in [0.05, 0.1) is 26.0 Å². The van der Waals surface area contributed by atoms with Crippen LogP contribution in [0.5, 0.6) is 11.5 Å². The lowest BCUT2D eigenvalue weighted by Gasteiger charge is -2.30. The number of carbonyl (C=O) groups excluding carboxylic acids is 1. The van der Waals surface area contributed by atoms with Crippen LogP contribution < -0.4 is 20.5 Å². The summed E-state index contributed by atoms with van der Waals surface area (Å²) in [6.07, 6.45) is 3.59. The number of rotatable bonds is 7. The molecule has 3 N–H and O–H groups in total. The molecule has 168 valence electrons. The Morgan fingerprint density at radius 3 is 2.48 bits per heavy atom. The van der Waals surface area contributed by atoms with E-state index in [1.54, 1.807) is 0 Å². The van der Waals surface area contributed by atoms with Crippen molar-refractivity contribution in [1.29, 1.82) is 0 Å². The van der Waals surface area contributed by atoms with E-state index in [1.807, 2.05) is 0 Å². The number of hydrogen-bond donors (Lipinski definition) is 2. The lowest BCUT2D eigenvalue weighted by molar-refractivity contribution is 0.103. The van der Waals surface area contributed by atoms with E-state index in [9.17, 15) is 17.6 Å². The second-order valence-corrected chi connectivity index (χ2v) is 9.04. The predicted molar refractivity (Wildman–Crippen MR) is 112 cm³/mol. The van der Waals surface area contributed by atoms with Crippen molar-refractivity contribution < 1.29 is 27.1 Å². The first-order valence-corrected chi connectivity index (χ1v) is 11.3. The number of sulfonamides is 1. The molecular formula is C19H24FN5O5S. The number of nitrogen functional groups attached to an aromatic ring is 1. The van der Waals surface area contributed by atoms with Gasteiger partial charge >= 0.3 is 0 Å². The maximum atomic E-state index is 14.1. The molecule has 0 atom stereocenters. The molecule has 1 aromatic carbocycles. The summed E-state index contributed by atoms with van der Waals surface area (Å²) in [6.45, 7) is 0.781. The van der Waals surface area contributed by atoms with Crippen molar-refractivity contribution in [2.75, 3.05) is 44.6 Å². The summed E-state index contributed by atoms with van der Waals surface area (Å²) < 4.78 is 49.0. The highest BCUT2D eigenvalue weighted by molar-refractivity contribution is 7.88. The Hall–Kier alpha value is -2.99. The third kappa shape index (κ3) is 4.85. The fourth-order valence-electron chi connectivity index (χ4n) is 3.41. The molecule has 0 aliphatic carbocycles. The van der Waals surface area contributed by atoms with Gasteiger partial charge in [0.2, 0.25) is 21.8 Å². The van der Waals surface area contributed by atoms with Gasteiger partial charge in [0.15, 0.2) is 11.6 Å². The molecule has 2 heterocycles. The molecule has 1 aliphatic rings. The summed E-state index contributed by atoms with van der Waals surface area (Å²) in [5, 5.41) is 3.11. The third-order valence-corrected chi connectivity index (χ3v) is 6.34. The van der Waals surface area contributed by atoms with Gasteiger partial charge < -0.3 is 20.5 Å². The number of nitrogens with one attached hydrogen (secondary N) is 1. The minimum Gasteiger partial charge on any atom is -0.496 e. The van der Waals surface area contributed by atoms with Gasteiger partial charge in [-0.2, -0.15) is 4.98 Å². The van der Waals surface area contributed by atoms with Crippen LogP contribution in [0.4, 0.5) is 16.2 Å². The fourth-order valence-corrected chi connectivity index (χ4v) is 4.29. The zero-order chi connectivity index (χ0) is 22.8. The highest BCUT2D eigenvalue weighted by Gasteiger charge is 2.27. The van der Waals surface area contributed by atoms with Gasteiger partial charge in [-0.1, -0.05) is 0 Å². The van der Waals surface area contributed by atoms with E-state index in [0.717, 1.165) is 6.07 Å². The van der Waals surface area contributed by atoms with E-state index < -0.39 is 21.6 Å². The molecule has 10 nitrogen and oxygen atoms in total. The molecule has 0 amide bonds. The van der Waals surface area contributed by atoms with Gasteiger partial charge in [0.25, 0.3) is 0 Å². The standard InChI is InChI=1S/C19H24FN5O5S/c1-29-14-5-4-13(20)17(30-2)15(14)16(26)12-10-22-19(24-18(12)21)23-11-6-8-25(9-7-11)31(3,27)28/h4-5,10-11H,6-9H2,1-3H3,(H3,21,22,23,24). The molecule has 3 rings (SSSR count). The van der Waals surface area contributed by atoms with Crippen LogP contribution in [0.3, 0.4) is 0 Å². The molecule has 1 aromatic heterocycles. The van der Waals surface area contributed by atoms with Gasteiger partial charge in [-0.3, -0.25) is 4.79 Å². The molecule has 31 heavy (non-hydrogen) atoms. The van der Waals surface area contributed by atoms with E-state index in [2.05, 4.69) is 15.3 Å². The zero-order valence-corrected chi connectivity index (χ0v) is 18.2. The van der Waals surface area contributed by atoms with Gasteiger partial charge in [-0.25, -0.2) is 22.1 Å². The second-order valence-electron chi connectivity index (χ2n) is 7.06. The van der Waals surface area contributed by atoms with Crippen LogP contribution in [0.1, 0.15) is 28.8 Å². The summed E-state index contributed by atoms with van der Waals surface area (Å²) in [5.74, 6) is -1.37. The van der Waals surface area contributed by atoms with Crippen molar-refractivity contribution in [3.05, 3.63) is 35.3 Å². The minimum absolute atomic E-state index is 0.0281. The van der Waals surface area contributed by atoms with Crippen molar-refractivity contribution in [2.24, 2.45) is 0 Å². The number of nitrogens with zero attached hydrogens (tertiary/aromatic N) is 3. The zero-order valence-electron chi connectivity index (χ0n) is 17.4. The molecule has 0 radical (unpaired) electrons. The van der Waals surface area contributed by atoms with Gasteiger partial charge in [-0.15, -0.1) is 0 Å². The predicted octanol–water partition coefficient (Wildman–Crippen LogP) is 1.28. The van der Waals surface area contributed by atoms with Gasteiger partial charge in [0, 0.05) is 25.3 Å². The largest absolute Gasteiger partial charge is 0.496 e. The number of piperidine rings is 1. The van der Waals surface area contributed by atoms with Crippen LogP contribution in [0.25, 0.3) is 0 Å². The molecule has 1 fully saturated rings. The van der Waals surface area contributed by atoms with Crippen LogP contribution >= 0.6 is 0 Å². The SMILES string of the molecule is COc1ccc(F)c(OC)c1C(=O)c1cnc(NC2CCN(S(C)(=O)=O)CC2)nc1N. The van der Waals surface area contributed by atoms with Crippen LogP contribution in [-0.2, 0) is 10.0 Å². The molecule has 1 aliphatic heterocycles. The topological polar surface area (TPSA) is 137 Å². The van der Waals surface area contributed by atoms with Crippen molar-refractivity contribution in [3.8, 4) is 11.5 Å². The number of ether oxygens (including phenoxy) is 2. The van der Waals surface area contributed by atoms with E-state index in [4.69, 9.17) is 15.2 Å². The van der Waals surface area contributed by atoms with Crippen LogP contribution in [0.15, 0.2) is 18.3 Å². The Balaban J connectivity index is 1.79. The number of ketones is 1. The van der Waals surface area contributed by atoms with Gasteiger partial charge in [0.1, 0.15) is 17.1 Å². The quantitative estimate of drug-likeness (QED) is 0.594. The molecular weight excluding hydrogens is 429 g/mol. The number of halogens is 1. The highest BCUT2D eigenvalue weighted by Crippen LogP contribution is 2.34. The molecule has 0 bridgehead atoms. The number of nitrogens with two attached hydrogens (primary N) is 1. The molecule has 0 saturated carbocycles. The van der Waals surface area contributed by atoms with E-state index >= 15 is 0 Å². The number of methoxy groups -OCH3 is 2. The number of carbonyl (C=O) groups is 1. The van der Waals surface area contributed by atoms with E-state index in [-0.39, 0.29) is 40.4 Å². The molecule has 2 aromatic rings. The van der Waals surface area contributed by atoms with Crippen molar-refractivity contribution >= 4 is 27.6 Å². The first-order valence-electron chi connectivity index (χ1n) is 9.45. The summed E-state index contributed by atoms with van der Waals surface area (Å²) in [7, 11) is -0.616. The Morgan fingerprint density at radius 2 is 1.94 bits per heavy atom. The van der Waals surface area contributed by atoms with Gasteiger partial charge in [-0.05, 0) is 25.0 Å². The van der Waals surface area contributed by atoms with Crippen LogP contribution in [0.2, 0.25) is 0 Å². The maximum Gasteiger partial charge on any atom is 0.224 e. The Bertz CT molecular complexity index is 1090. The van der Waals surface area contributed by atoms with Crippen molar-refractivity contribution in [2.45, 2.75) is 18.9 Å². The lowest BCUT2D eigenvalue weighted by atomic mass is 10.0. The summed E-state index contributed by atoms with van der Waals surface area (Å²) in [4.78, 5) is 21.3. The molecule has 0 spiro atoms. The monoisotopic (exact) mass is 453 g/mol. The minimum atomic E-state index is -3.22. The highest BCUT2D eigenvalue weighted by atomic mass is 32.2. The summed E-state index contributed by atoms with van der Waals surface area (Å²) in [5.41, 5.74) is 5.85. The second kappa shape index (κ2) is 9.02. The normalized spacial score (nSPS) is 15.5. The molecule has 1 saturated heterocycles. The van der Waals surface area contributed by atoms with Crippen molar-refractivity contribution in [1.82, 2.24) is 14.3 Å². The first kappa shape index (κ1) is 22.7. The smallest absolute Gasteiger partial charge is 0.224 e. The first-order chi connectivity index (χ1) is 14.7. The number of aromatic nitrogens is 2. The fraction of sp³-hybridized carbons (Fsp3) is 0.421. The Labute approximate surface area is 179 Å². The van der Waals surface area contributed by atoms with Crippen LogP contribution in [-0.4, -0.2) is 68.1 Å². The molecule has 0 unspecified atom stereocenters. The number of hydrogen-bond acceptors (Lipinski definition) is 9. The molecule has 12 heteroatoms. The summed E-state index contributed by atoms with van der Waals surface area (Å²) in [6, 6.07) is 2.42.